The summed E-state index contributed by atoms with van der Waals surface area (Å²) < 4.78 is 4.75. The first-order valence-electron chi connectivity index (χ1n) is 10.3. The van der Waals surface area contributed by atoms with Crippen LogP contribution in [0.5, 0.6) is 0 Å². The second kappa shape index (κ2) is 8.99. The molecule has 3 aromatic rings. The Morgan fingerprint density at radius 2 is 1.55 bits per heavy atom. The summed E-state index contributed by atoms with van der Waals surface area (Å²) in [6.07, 6.45) is 6.00. The molecular weight excluding hydrogens is 362 g/mol. The minimum Gasteiger partial charge on any atom is -0.364 e. The standard InChI is InChI=1S/C25H25NO3/c27-24(16-18-6-10-21(11-7-18)20-4-2-1-3-5-20)22-12-8-19(9-13-22)17-25(28)23-14-15-29-26-23/h1-7,10-11,14-15,19,22H,8-9,12-13,16-17H2. The molecule has 1 aliphatic carbocycles. The summed E-state index contributed by atoms with van der Waals surface area (Å²) in [5, 5.41) is 3.72. The lowest BCUT2D eigenvalue weighted by Crippen LogP contribution is -2.24. The average molecular weight is 387 g/mol. The lowest BCUT2D eigenvalue weighted by atomic mass is 9.77. The number of hydrogen-bond donors (Lipinski definition) is 0. The summed E-state index contributed by atoms with van der Waals surface area (Å²) in [5.74, 6) is 0.807. The van der Waals surface area contributed by atoms with Gasteiger partial charge in [-0.05, 0) is 48.3 Å². The molecule has 0 amide bonds. The van der Waals surface area contributed by atoms with E-state index in [0.29, 0.717) is 30.2 Å². The third kappa shape index (κ3) is 4.89. The third-order valence-corrected chi connectivity index (χ3v) is 5.94. The van der Waals surface area contributed by atoms with Crippen LogP contribution in [0.15, 0.2) is 71.4 Å². The maximum atomic E-state index is 12.7. The van der Waals surface area contributed by atoms with Gasteiger partial charge in [0.2, 0.25) is 0 Å². The number of carbonyl (C=O) groups excluding carboxylic acids is 2. The van der Waals surface area contributed by atoms with Crippen molar-refractivity contribution in [2.45, 2.75) is 38.5 Å². The quantitative estimate of drug-likeness (QED) is 0.500. The smallest absolute Gasteiger partial charge is 0.184 e. The molecule has 4 rings (SSSR count). The fraction of sp³-hybridized carbons (Fsp3) is 0.320. The monoisotopic (exact) mass is 387 g/mol. The molecule has 0 radical (unpaired) electrons. The van der Waals surface area contributed by atoms with Crippen LogP contribution in [0, 0.1) is 11.8 Å². The second-order valence-electron chi connectivity index (χ2n) is 7.94. The van der Waals surface area contributed by atoms with Gasteiger partial charge in [0.1, 0.15) is 17.7 Å². The molecule has 1 heterocycles. The number of benzene rings is 2. The minimum absolute atomic E-state index is 0.0343. The van der Waals surface area contributed by atoms with E-state index in [2.05, 4.69) is 41.6 Å². The molecule has 2 aromatic carbocycles. The van der Waals surface area contributed by atoms with Gasteiger partial charge in [-0.25, -0.2) is 0 Å². The minimum atomic E-state index is 0.0343. The number of Topliss-reactive ketones (excluding diaryl/α,β-unsaturated/α-hetero) is 2. The Bertz CT molecular complexity index is 938. The van der Waals surface area contributed by atoms with E-state index in [-0.39, 0.29) is 11.7 Å². The maximum absolute atomic E-state index is 12.7. The van der Waals surface area contributed by atoms with Crippen molar-refractivity contribution in [2.24, 2.45) is 11.8 Å². The van der Waals surface area contributed by atoms with Crippen molar-refractivity contribution in [3.05, 3.63) is 78.2 Å². The number of rotatable bonds is 7. The summed E-state index contributed by atoms with van der Waals surface area (Å²) in [5.41, 5.74) is 3.82. The van der Waals surface area contributed by atoms with Crippen molar-refractivity contribution in [1.82, 2.24) is 5.16 Å². The number of aromatic nitrogens is 1. The maximum Gasteiger partial charge on any atom is 0.184 e. The van der Waals surface area contributed by atoms with Gasteiger partial charge in [0, 0.05) is 24.8 Å². The van der Waals surface area contributed by atoms with Gasteiger partial charge < -0.3 is 4.52 Å². The average Bonchev–Trinajstić information content (AvgIpc) is 3.31. The molecule has 0 saturated heterocycles. The summed E-state index contributed by atoms with van der Waals surface area (Å²) in [7, 11) is 0. The predicted octanol–water partition coefficient (Wildman–Crippen LogP) is 5.53. The Morgan fingerprint density at radius 1 is 0.862 bits per heavy atom. The molecule has 0 unspecified atom stereocenters. The van der Waals surface area contributed by atoms with Gasteiger partial charge in [0.15, 0.2) is 5.78 Å². The van der Waals surface area contributed by atoms with E-state index >= 15 is 0 Å². The van der Waals surface area contributed by atoms with Crippen LogP contribution in [0.2, 0.25) is 0 Å². The molecule has 1 aliphatic rings. The molecule has 4 nitrogen and oxygen atoms in total. The van der Waals surface area contributed by atoms with Gasteiger partial charge in [0.25, 0.3) is 0 Å². The molecule has 0 bridgehead atoms. The lowest BCUT2D eigenvalue weighted by Gasteiger charge is -2.27. The van der Waals surface area contributed by atoms with Gasteiger partial charge in [0.05, 0.1) is 0 Å². The lowest BCUT2D eigenvalue weighted by molar-refractivity contribution is -0.123. The van der Waals surface area contributed by atoms with Crippen molar-refractivity contribution in [2.75, 3.05) is 0 Å². The van der Waals surface area contributed by atoms with Crippen LogP contribution in [-0.4, -0.2) is 16.7 Å². The van der Waals surface area contributed by atoms with Crippen LogP contribution in [0.3, 0.4) is 0 Å². The van der Waals surface area contributed by atoms with Crippen LogP contribution in [-0.2, 0) is 11.2 Å². The number of carbonyl (C=O) groups is 2. The van der Waals surface area contributed by atoms with Gasteiger partial charge >= 0.3 is 0 Å². The van der Waals surface area contributed by atoms with E-state index in [9.17, 15) is 9.59 Å². The third-order valence-electron chi connectivity index (χ3n) is 5.94. The normalized spacial score (nSPS) is 19.0. The summed E-state index contributed by atoms with van der Waals surface area (Å²) in [6, 6.07) is 20.2. The van der Waals surface area contributed by atoms with Crippen molar-refractivity contribution >= 4 is 11.6 Å². The van der Waals surface area contributed by atoms with Gasteiger partial charge in [-0.15, -0.1) is 0 Å². The Hall–Kier alpha value is -3.01. The summed E-state index contributed by atoms with van der Waals surface area (Å²) in [6.45, 7) is 0. The summed E-state index contributed by atoms with van der Waals surface area (Å²) in [4.78, 5) is 24.9. The zero-order chi connectivity index (χ0) is 20.1. The highest BCUT2D eigenvalue weighted by atomic mass is 16.5. The topological polar surface area (TPSA) is 60.2 Å². The van der Waals surface area contributed by atoms with Crippen LogP contribution in [0.4, 0.5) is 0 Å². The highest BCUT2D eigenvalue weighted by molar-refractivity contribution is 5.94. The van der Waals surface area contributed by atoms with Crippen LogP contribution in [0.25, 0.3) is 11.1 Å². The second-order valence-corrected chi connectivity index (χ2v) is 7.94. The molecule has 1 aromatic heterocycles. The van der Waals surface area contributed by atoms with Gasteiger partial charge in [-0.2, -0.15) is 0 Å². The van der Waals surface area contributed by atoms with Crippen molar-refractivity contribution in [3.63, 3.8) is 0 Å². The molecule has 0 atom stereocenters. The number of ketones is 2. The SMILES string of the molecule is O=C(CC1CCC(C(=O)Cc2ccc(-c3ccccc3)cc2)CC1)c1ccon1. The van der Waals surface area contributed by atoms with E-state index in [4.69, 9.17) is 4.52 Å². The molecule has 148 valence electrons. The van der Waals surface area contributed by atoms with Crippen LogP contribution in [0.1, 0.15) is 48.2 Å². The largest absolute Gasteiger partial charge is 0.364 e. The Kier molecular flexibility index (Phi) is 5.99. The van der Waals surface area contributed by atoms with Crippen molar-refractivity contribution in [3.8, 4) is 11.1 Å². The van der Waals surface area contributed by atoms with Crippen LogP contribution < -0.4 is 0 Å². The van der Waals surface area contributed by atoms with Gasteiger partial charge in [-0.1, -0.05) is 59.8 Å². The molecule has 0 N–H and O–H groups in total. The van der Waals surface area contributed by atoms with Crippen molar-refractivity contribution < 1.29 is 14.1 Å². The van der Waals surface area contributed by atoms with E-state index in [1.165, 1.54) is 17.4 Å². The van der Waals surface area contributed by atoms with E-state index < -0.39 is 0 Å². The zero-order valence-corrected chi connectivity index (χ0v) is 16.4. The molecular formula is C25H25NO3. The Labute approximate surface area is 170 Å². The molecule has 29 heavy (non-hydrogen) atoms. The van der Waals surface area contributed by atoms with E-state index in [1.54, 1.807) is 6.07 Å². The Balaban J connectivity index is 1.27. The molecule has 1 saturated carbocycles. The fourth-order valence-electron chi connectivity index (χ4n) is 4.20. The fourth-order valence-corrected chi connectivity index (χ4v) is 4.20. The van der Waals surface area contributed by atoms with Gasteiger partial charge in [-0.3, -0.25) is 9.59 Å². The molecule has 1 fully saturated rings. The Morgan fingerprint density at radius 3 is 2.21 bits per heavy atom. The molecule has 4 heteroatoms. The first kappa shape index (κ1) is 19.3. The molecule has 0 spiro atoms. The first-order chi connectivity index (χ1) is 14.2. The van der Waals surface area contributed by atoms with Crippen LogP contribution >= 0.6 is 0 Å². The molecule has 0 aliphatic heterocycles. The number of nitrogens with zero attached hydrogens (tertiary/aromatic N) is 1. The zero-order valence-electron chi connectivity index (χ0n) is 16.4. The summed E-state index contributed by atoms with van der Waals surface area (Å²) >= 11 is 0. The number of hydrogen-bond acceptors (Lipinski definition) is 4. The highest BCUT2D eigenvalue weighted by Gasteiger charge is 2.28. The van der Waals surface area contributed by atoms with E-state index in [1.807, 2.05) is 18.2 Å². The first-order valence-corrected chi connectivity index (χ1v) is 10.3. The van der Waals surface area contributed by atoms with Crippen molar-refractivity contribution in [1.29, 1.82) is 0 Å². The highest BCUT2D eigenvalue weighted by Crippen LogP contribution is 2.32. The predicted molar refractivity (Wildman–Crippen MR) is 111 cm³/mol. The van der Waals surface area contributed by atoms with E-state index in [0.717, 1.165) is 31.2 Å².